The minimum absolute atomic E-state index is 0.00362. The summed E-state index contributed by atoms with van der Waals surface area (Å²) in [7, 11) is 0. The fourth-order valence-electron chi connectivity index (χ4n) is 5.52. The van der Waals surface area contributed by atoms with Crippen LogP contribution in [0, 0.1) is 5.82 Å². The second-order valence-electron chi connectivity index (χ2n) is 9.51. The predicted octanol–water partition coefficient (Wildman–Crippen LogP) is 5.72. The van der Waals surface area contributed by atoms with Gasteiger partial charge >= 0.3 is 215 Å². The molecule has 6 rings (SSSR count). The number of carbonyl (C=O) groups excluding carboxylic acids is 1. The Kier molecular flexibility index (Phi) is 6.66. The van der Waals surface area contributed by atoms with E-state index in [1.807, 2.05) is 0 Å². The van der Waals surface area contributed by atoms with E-state index in [2.05, 4.69) is 26.9 Å². The molecular formula is C26H30FI2N3O2. The molecule has 5 nitrogen and oxygen atoms in total. The molecule has 0 radical (unpaired) electrons. The Morgan fingerprint density at radius 1 is 1.21 bits per heavy atom. The van der Waals surface area contributed by atoms with Crippen molar-refractivity contribution in [3.63, 3.8) is 0 Å². The van der Waals surface area contributed by atoms with E-state index >= 15 is 0 Å². The molecule has 5 aliphatic rings. The van der Waals surface area contributed by atoms with Gasteiger partial charge in [-0.25, -0.2) is 0 Å². The second kappa shape index (κ2) is 9.72. The molecule has 0 unspecified atom stereocenters. The van der Waals surface area contributed by atoms with Crippen LogP contribution in [0.25, 0.3) is 0 Å². The van der Waals surface area contributed by atoms with Crippen LogP contribution in [0.2, 0.25) is 0 Å². The molecule has 0 saturated carbocycles. The van der Waals surface area contributed by atoms with E-state index in [4.69, 9.17) is 9.73 Å². The number of hydrogen-bond acceptors (Lipinski definition) is 4. The molecule has 2 saturated heterocycles. The summed E-state index contributed by atoms with van der Waals surface area (Å²) in [5.41, 5.74) is 3.73. The molecule has 5 heterocycles. The molecule has 2 fully saturated rings. The molecule has 34 heavy (non-hydrogen) atoms. The molecule has 0 aromatic heterocycles. The first-order valence-electron chi connectivity index (χ1n) is 12.2. The number of halogens is 3. The quantitative estimate of drug-likeness (QED) is 0.295. The van der Waals surface area contributed by atoms with Crippen molar-refractivity contribution in [1.82, 2.24) is 9.80 Å². The van der Waals surface area contributed by atoms with Gasteiger partial charge in [0.15, 0.2) is 0 Å². The number of hydrogen-bond donors (Lipinski definition) is 0. The molecule has 182 valence electrons. The van der Waals surface area contributed by atoms with E-state index in [0.29, 0.717) is 25.2 Å². The molecule has 1 aromatic carbocycles. The van der Waals surface area contributed by atoms with Crippen molar-refractivity contribution < 1.29 is 13.9 Å². The summed E-state index contributed by atoms with van der Waals surface area (Å²) >= 11 is -1.50. The van der Waals surface area contributed by atoms with E-state index in [9.17, 15) is 9.18 Å². The maximum absolute atomic E-state index is 14.4. The fourth-order valence-corrected chi connectivity index (χ4v) is 22.8. The molecule has 5 aliphatic heterocycles. The molecular weight excluding hydrogens is 659 g/mol. The summed E-state index contributed by atoms with van der Waals surface area (Å²) in [6.07, 6.45) is 8.74. The number of rotatable bonds is 2. The van der Waals surface area contributed by atoms with Gasteiger partial charge in [-0.1, -0.05) is 0 Å². The monoisotopic (exact) mass is 689 g/mol. The third kappa shape index (κ3) is 4.31. The SMILES string of the molecule is CC1=CI2I=C([C@@H]3CCCCN3C(=O)c3cc(F)cc4c3CCOC4)C=C2N=C1N1CCCC1. The first kappa shape index (κ1) is 23.3. The van der Waals surface area contributed by atoms with E-state index in [1.54, 1.807) is 0 Å². The number of aliphatic imine (C=N–C) groups is 1. The number of carbonyl (C=O) groups is 1. The van der Waals surface area contributed by atoms with E-state index in [-0.39, 0.29) is 34.5 Å². The normalized spacial score (nSPS) is 25.6. The van der Waals surface area contributed by atoms with Crippen LogP contribution in [0.15, 0.2) is 36.6 Å². The number of amidine groups is 1. The van der Waals surface area contributed by atoms with Gasteiger partial charge in [-0.2, -0.15) is 0 Å². The van der Waals surface area contributed by atoms with Crippen LogP contribution in [0.4, 0.5) is 4.39 Å². The maximum atomic E-state index is 14.4. The van der Waals surface area contributed by atoms with Crippen molar-refractivity contribution in [2.75, 3.05) is 26.2 Å². The first-order chi connectivity index (χ1) is 16.6. The van der Waals surface area contributed by atoms with Crippen LogP contribution in [-0.4, -0.2) is 57.3 Å². The Bertz CT molecular complexity index is 1150. The zero-order valence-corrected chi connectivity index (χ0v) is 23.8. The molecule has 0 bridgehead atoms. The van der Waals surface area contributed by atoms with Gasteiger partial charge in [-0.15, -0.1) is 0 Å². The average molecular weight is 689 g/mol. The third-order valence-electron chi connectivity index (χ3n) is 7.21. The summed E-state index contributed by atoms with van der Waals surface area (Å²) in [6.45, 7) is 6.21. The molecule has 8 heteroatoms. The summed E-state index contributed by atoms with van der Waals surface area (Å²) in [5.74, 6) is 0.852. The average Bonchev–Trinajstić information content (AvgIpc) is 3.52. The number of piperidine rings is 1. The molecule has 1 aromatic rings. The van der Waals surface area contributed by atoms with Gasteiger partial charge < -0.3 is 0 Å². The van der Waals surface area contributed by atoms with Gasteiger partial charge in [0.25, 0.3) is 0 Å². The number of fused-ring (bicyclic) bond motifs is 2. The molecule has 1 amide bonds. The van der Waals surface area contributed by atoms with E-state index < -0.39 is 15.8 Å². The first-order valence-corrected chi connectivity index (χ1v) is 21.9. The fraction of sp³-hybridized carbons (Fsp3) is 0.500. The van der Waals surface area contributed by atoms with Crippen molar-refractivity contribution in [1.29, 1.82) is 0 Å². The molecule has 0 spiro atoms. The number of nitrogens with zero attached hydrogens (tertiary/aromatic N) is 3. The van der Waals surface area contributed by atoms with Gasteiger partial charge in [0.05, 0.1) is 0 Å². The summed E-state index contributed by atoms with van der Waals surface area (Å²) in [5, 5.41) is 0. The van der Waals surface area contributed by atoms with Crippen molar-refractivity contribution in [2.45, 2.75) is 58.1 Å². The summed E-state index contributed by atoms with van der Waals surface area (Å²) in [6, 6.07) is 3.14. The molecule has 0 N–H and O–H groups in total. The number of amides is 1. The van der Waals surface area contributed by atoms with Crippen LogP contribution < -0.4 is 0 Å². The van der Waals surface area contributed by atoms with E-state index in [0.717, 1.165) is 50.0 Å². The van der Waals surface area contributed by atoms with Crippen molar-refractivity contribution in [3.8, 4) is 0 Å². The molecule has 1 atom stereocenters. The van der Waals surface area contributed by atoms with Gasteiger partial charge in [0.1, 0.15) is 0 Å². The zero-order valence-electron chi connectivity index (χ0n) is 19.5. The van der Waals surface area contributed by atoms with Crippen molar-refractivity contribution >= 4 is 47.9 Å². The van der Waals surface area contributed by atoms with Crippen molar-refractivity contribution in [3.05, 3.63) is 54.1 Å². The van der Waals surface area contributed by atoms with Gasteiger partial charge in [-0.3, -0.25) is 0 Å². The van der Waals surface area contributed by atoms with Crippen molar-refractivity contribution in [2.24, 2.45) is 4.99 Å². The third-order valence-corrected chi connectivity index (χ3v) is 22.7. The Hall–Kier alpha value is -1.14. The standard InChI is InChI=1S/C26H30FI2N3O2/c1-17-15-29-24(30-25(17)31-8-4-5-9-31)14-22(28-29)23-6-2-3-10-32(23)26(33)21-13-19(27)12-18-16-34-11-7-20(18)21/h12-15,23H,2-11,16H2,1H3/t23-/m0/s1. The Labute approximate surface area is 213 Å². The Morgan fingerprint density at radius 2 is 2.03 bits per heavy atom. The van der Waals surface area contributed by atoms with Crippen LogP contribution in [0.5, 0.6) is 0 Å². The second-order valence-corrected chi connectivity index (χ2v) is 23.0. The number of likely N-dealkylation sites (tertiary alicyclic amines) is 2. The summed E-state index contributed by atoms with van der Waals surface area (Å²) in [4.78, 5) is 23.6. The van der Waals surface area contributed by atoms with Gasteiger partial charge in [0, 0.05) is 0 Å². The molecule has 0 aliphatic carbocycles. The number of ether oxygens (including phenoxy) is 1. The van der Waals surface area contributed by atoms with Gasteiger partial charge in [0.2, 0.25) is 0 Å². The van der Waals surface area contributed by atoms with Crippen LogP contribution in [0.3, 0.4) is 0 Å². The van der Waals surface area contributed by atoms with Crippen LogP contribution in [-0.2, 0) is 17.8 Å². The topological polar surface area (TPSA) is 45.1 Å². The summed E-state index contributed by atoms with van der Waals surface area (Å²) < 4.78 is 25.4. The predicted molar refractivity (Wildman–Crippen MR) is 152 cm³/mol. The zero-order chi connectivity index (χ0) is 23.2. The number of benzene rings is 1. The van der Waals surface area contributed by atoms with Crippen LogP contribution >= 0.6 is 32.6 Å². The Balaban J connectivity index is 1.30. The Morgan fingerprint density at radius 3 is 2.88 bits per heavy atom. The van der Waals surface area contributed by atoms with E-state index in [1.165, 1.54) is 43.6 Å². The minimum atomic E-state index is -1.38. The van der Waals surface area contributed by atoms with Crippen LogP contribution in [0.1, 0.15) is 60.5 Å². The van der Waals surface area contributed by atoms with Gasteiger partial charge in [-0.05, 0) is 0 Å².